The fourth-order valence-corrected chi connectivity index (χ4v) is 6.34. The largest absolute Gasteiger partial charge is 0.364 e. The molecule has 2 unspecified atom stereocenters. The van der Waals surface area contributed by atoms with Gasteiger partial charge in [0.15, 0.2) is 18.1 Å². The number of piperidine rings is 1. The number of halogens is 3. The van der Waals surface area contributed by atoms with E-state index in [1.807, 2.05) is 17.8 Å². The van der Waals surface area contributed by atoms with E-state index >= 15 is 4.39 Å². The Labute approximate surface area is 224 Å². The number of alkyl halides is 1. The van der Waals surface area contributed by atoms with Gasteiger partial charge in [-0.15, -0.1) is 0 Å². The molecule has 8 nitrogen and oxygen atoms in total. The minimum Gasteiger partial charge on any atom is -0.364 e. The Morgan fingerprint density at radius 2 is 1.95 bits per heavy atom. The fraction of sp³-hybridized carbons (Fsp3) is 0.296. The quantitative estimate of drug-likeness (QED) is 0.508. The van der Waals surface area contributed by atoms with Gasteiger partial charge in [0.2, 0.25) is 15.7 Å². The number of nitrogens with one attached hydrogen (secondary N) is 1. The zero-order chi connectivity index (χ0) is 27.9. The molecule has 12 heteroatoms. The number of hydrogen-bond donors (Lipinski definition) is 2. The third-order valence-electron chi connectivity index (χ3n) is 7.13. The minimum absolute atomic E-state index is 0.0510. The lowest BCUT2D eigenvalue weighted by Gasteiger charge is -2.30. The average Bonchev–Trinajstić information content (AvgIpc) is 2.88. The number of nitrogens with two attached hydrogens (primary N) is 1. The van der Waals surface area contributed by atoms with Gasteiger partial charge >= 0.3 is 0 Å². The summed E-state index contributed by atoms with van der Waals surface area (Å²) in [6.45, 7) is 1.71. The monoisotopic (exact) mass is 558 g/mol. The van der Waals surface area contributed by atoms with Crippen LogP contribution in [0.25, 0.3) is 5.57 Å². The van der Waals surface area contributed by atoms with Crippen LogP contribution in [0.1, 0.15) is 34.5 Å². The maximum Gasteiger partial charge on any atom is 0.267 e. The number of anilines is 1. The molecule has 39 heavy (non-hydrogen) atoms. The molecular weight excluding hydrogens is 531 g/mol. The van der Waals surface area contributed by atoms with Crippen LogP contribution in [-0.2, 0) is 10.0 Å². The van der Waals surface area contributed by atoms with Gasteiger partial charge in [0.05, 0.1) is 11.3 Å². The van der Waals surface area contributed by atoms with Crippen molar-refractivity contribution in [1.29, 1.82) is 0 Å². The summed E-state index contributed by atoms with van der Waals surface area (Å²) < 4.78 is 73.9. The molecule has 3 aliphatic rings. The van der Waals surface area contributed by atoms with E-state index < -0.39 is 44.7 Å². The Kier molecular flexibility index (Phi) is 7.17. The first kappa shape index (κ1) is 26.8. The average molecular weight is 559 g/mol. The van der Waals surface area contributed by atoms with Gasteiger partial charge in [0, 0.05) is 32.1 Å². The summed E-state index contributed by atoms with van der Waals surface area (Å²) in [6.07, 6.45) is 5.27. The van der Waals surface area contributed by atoms with Crippen molar-refractivity contribution in [2.24, 2.45) is 5.73 Å². The van der Waals surface area contributed by atoms with Crippen molar-refractivity contribution in [2.45, 2.75) is 30.3 Å². The molecule has 5 rings (SSSR count). The Balaban J connectivity index is 1.54. The van der Waals surface area contributed by atoms with E-state index in [0.717, 1.165) is 38.1 Å². The topological polar surface area (TPSA) is 108 Å². The molecule has 2 atom stereocenters. The maximum absolute atomic E-state index is 16.0. The lowest BCUT2D eigenvalue weighted by molar-refractivity contribution is -0.511. The number of carbonyl (C=O) groups is 1. The first-order valence-electron chi connectivity index (χ1n) is 12.4. The second kappa shape index (κ2) is 10.4. The van der Waals surface area contributed by atoms with Gasteiger partial charge in [-0.05, 0) is 55.1 Å². The van der Waals surface area contributed by atoms with Crippen molar-refractivity contribution in [3.63, 3.8) is 0 Å². The lowest BCUT2D eigenvalue weighted by Crippen LogP contribution is -2.43. The number of hydrogen-bond acceptors (Lipinski definition) is 5. The molecule has 1 amide bonds. The van der Waals surface area contributed by atoms with E-state index in [2.05, 4.69) is 14.6 Å². The summed E-state index contributed by atoms with van der Waals surface area (Å²) in [5, 5.41) is -1.85. The van der Waals surface area contributed by atoms with Gasteiger partial charge in [0.25, 0.3) is 5.91 Å². The highest BCUT2D eigenvalue weighted by molar-refractivity contribution is 7.93. The molecule has 0 spiro atoms. The smallest absolute Gasteiger partial charge is 0.267 e. The molecular formula is C27H27F3N5O3S+. The molecule has 1 fully saturated rings. The van der Waals surface area contributed by atoms with E-state index in [0.29, 0.717) is 22.9 Å². The summed E-state index contributed by atoms with van der Waals surface area (Å²) in [7, 11) is -2.50. The summed E-state index contributed by atoms with van der Waals surface area (Å²) in [6, 6.07) is 7.50. The van der Waals surface area contributed by atoms with Gasteiger partial charge in [-0.1, -0.05) is 6.07 Å². The predicted octanol–water partition coefficient (Wildman–Crippen LogP) is 3.14. The molecule has 0 bridgehead atoms. The number of benzene rings is 1. The van der Waals surface area contributed by atoms with Crippen LogP contribution in [0.15, 0.2) is 66.8 Å². The van der Waals surface area contributed by atoms with E-state index in [9.17, 15) is 22.0 Å². The van der Waals surface area contributed by atoms with E-state index in [1.165, 1.54) is 30.5 Å². The highest BCUT2D eigenvalue weighted by atomic mass is 32.2. The number of allylic oxidation sites excluding steroid dienone is 4. The van der Waals surface area contributed by atoms with Crippen LogP contribution < -0.4 is 10.5 Å². The van der Waals surface area contributed by atoms with Crippen LogP contribution in [-0.4, -0.2) is 72.1 Å². The van der Waals surface area contributed by atoms with Crippen molar-refractivity contribution in [1.82, 2.24) is 9.88 Å². The van der Waals surface area contributed by atoms with Crippen LogP contribution in [0, 0.1) is 5.82 Å². The number of likely N-dealkylation sites (tertiary alicyclic amines) is 1. The van der Waals surface area contributed by atoms with Crippen LogP contribution in [0.2, 0.25) is 0 Å². The van der Waals surface area contributed by atoms with Crippen LogP contribution in [0.5, 0.6) is 0 Å². The van der Waals surface area contributed by atoms with Crippen LogP contribution in [0.3, 0.4) is 0 Å². The lowest BCUT2D eigenvalue weighted by atomic mass is 9.89. The van der Waals surface area contributed by atoms with Crippen molar-refractivity contribution in [3.05, 3.63) is 89.4 Å². The number of primary amides is 1. The second-order valence-corrected chi connectivity index (χ2v) is 11.6. The number of pyridine rings is 1. The van der Waals surface area contributed by atoms with Gasteiger partial charge in [-0.3, -0.25) is 14.5 Å². The summed E-state index contributed by atoms with van der Waals surface area (Å²) in [4.78, 5) is 17.9. The van der Waals surface area contributed by atoms with Crippen molar-refractivity contribution in [3.8, 4) is 0 Å². The Hall–Kier alpha value is -3.77. The molecule has 1 aromatic heterocycles. The number of sulfonamides is 1. The molecule has 1 saturated heterocycles. The fourth-order valence-electron chi connectivity index (χ4n) is 5.00. The van der Waals surface area contributed by atoms with E-state index in [4.69, 9.17) is 5.73 Å². The molecule has 0 radical (unpaired) electrons. The van der Waals surface area contributed by atoms with Crippen LogP contribution >= 0.6 is 0 Å². The first-order chi connectivity index (χ1) is 18.5. The molecule has 3 heterocycles. The second-order valence-electron chi connectivity index (χ2n) is 9.76. The Bertz CT molecular complexity index is 1560. The predicted molar refractivity (Wildman–Crippen MR) is 142 cm³/mol. The molecule has 2 aliphatic heterocycles. The Morgan fingerprint density at radius 1 is 1.21 bits per heavy atom. The molecule has 1 aromatic carbocycles. The summed E-state index contributed by atoms with van der Waals surface area (Å²) in [5.41, 5.74) is 6.92. The highest BCUT2D eigenvalue weighted by Gasteiger charge is 2.41. The molecule has 3 N–H and O–H groups in total. The highest BCUT2D eigenvalue weighted by Crippen LogP contribution is 2.34. The van der Waals surface area contributed by atoms with Crippen molar-refractivity contribution in [2.75, 3.05) is 24.9 Å². The minimum atomic E-state index is -4.53. The number of aromatic nitrogens is 1. The van der Waals surface area contributed by atoms with E-state index in [1.54, 1.807) is 6.07 Å². The number of carbonyl (C=O) groups excluding carboxylic acids is 1. The Morgan fingerprint density at radius 3 is 2.67 bits per heavy atom. The SMILES string of the molecule is CN1CCC([N+]2=C(c3cccc(NS(=O)(=O)C4C=C(F)C=CC4F)c3F)C(c3ccnc(C(N)=O)c3)=C2)CC1. The van der Waals surface area contributed by atoms with E-state index in [-0.39, 0.29) is 17.3 Å². The van der Waals surface area contributed by atoms with Gasteiger partial charge < -0.3 is 10.6 Å². The standard InChI is InChI=1S/C27H26F3N5O3S/c1-34-11-8-18(9-12-34)35-15-20(16-7-10-32-23(13-16)27(31)36)26(35)19-3-2-4-22(25(19)30)33-39(37,38)24-14-17(28)5-6-21(24)29/h2-7,10,13-15,18,21,24,33H,8-9,11-12H2,1H3,(H-,31,36)/p+1. The van der Waals surface area contributed by atoms with Crippen LogP contribution in [0.4, 0.5) is 18.9 Å². The molecule has 1 aliphatic carbocycles. The number of rotatable bonds is 7. The molecule has 204 valence electrons. The van der Waals surface area contributed by atoms with Gasteiger partial charge in [0.1, 0.15) is 28.5 Å². The van der Waals surface area contributed by atoms with Crippen molar-refractivity contribution < 1.29 is 31.0 Å². The zero-order valence-corrected chi connectivity index (χ0v) is 21.8. The number of amides is 1. The number of nitrogens with zero attached hydrogens (tertiary/aromatic N) is 3. The molecule has 2 aromatic rings. The van der Waals surface area contributed by atoms with Crippen molar-refractivity contribution >= 4 is 32.9 Å². The van der Waals surface area contributed by atoms with Gasteiger partial charge in [-0.2, -0.15) is 4.58 Å². The summed E-state index contributed by atoms with van der Waals surface area (Å²) >= 11 is 0. The third-order valence-corrected chi connectivity index (χ3v) is 8.74. The zero-order valence-electron chi connectivity index (χ0n) is 21.0. The molecule has 0 saturated carbocycles. The normalized spacial score (nSPS) is 22.3. The first-order valence-corrected chi connectivity index (χ1v) is 13.9. The third kappa shape index (κ3) is 5.26. The van der Waals surface area contributed by atoms with Gasteiger partial charge in [-0.25, -0.2) is 21.6 Å². The maximum atomic E-state index is 16.0. The summed E-state index contributed by atoms with van der Waals surface area (Å²) in [5.74, 6) is -2.47.